The van der Waals surface area contributed by atoms with E-state index < -0.39 is 0 Å². The van der Waals surface area contributed by atoms with Crippen molar-refractivity contribution in [3.63, 3.8) is 0 Å². The third kappa shape index (κ3) is 1.82. The highest BCUT2D eigenvalue weighted by atomic mass is 35.5. The van der Waals surface area contributed by atoms with E-state index in [9.17, 15) is 0 Å². The van der Waals surface area contributed by atoms with Crippen LogP contribution < -0.4 is 0 Å². The Morgan fingerprint density at radius 2 is 2.00 bits per heavy atom. The average molecular weight is 256 g/mol. The lowest BCUT2D eigenvalue weighted by Crippen LogP contribution is -1.77. The summed E-state index contributed by atoms with van der Waals surface area (Å²) >= 11 is 11.8. The maximum absolute atomic E-state index is 5.93. The van der Waals surface area contributed by atoms with E-state index in [-0.39, 0.29) is 6.10 Å². The number of rotatable bonds is 2. The molecule has 3 rings (SSSR count). The van der Waals surface area contributed by atoms with Crippen LogP contribution in [0.2, 0.25) is 10.0 Å². The molecule has 0 unspecified atom stereocenters. The van der Waals surface area contributed by atoms with Gasteiger partial charge in [0.1, 0.15) is 11.8 Å². The SMILES string of the molecule is Clc1ccc(-c2cc([C@@H]3CO3)on2)cc1Cl. The van der Waals surface area contributed by atoms with E-state index >= 15 is 0 Å². The van der Waals surface area contributed by atoms with Crippen molar-refractivity contribution in [1.82, 2.24) is 5.16 Å². The first kappa shape index (κ1) is 10.1. The van der Waals surface area contributed by atoms with E-state index in [1.165, 1.54) is 0 Å². The molecular weight excluding hydrogens is 249 g/mol. The minimum Gasteiger partial charge on any atom is -0.365 e. The van der Waals surface area contributed by atoms with Crippen LogP contribution in [0.5, 0.6) is 0 Å². The number of hydrogen-bond donors (Lipinski definition) is 0. The van der Waals surface area contributed by atoms with Crippen LogP contribution >= 0.6 is 23.2 Å². The molecule has 1 aromatic heterocycles. The average Bonchev–Trinajstić information content (AvgIpc) is 3.01. The van der Waals surface area contributed by atoms with E-state index in [2.05, 4.69) is 5.16 Å². The number of benzene rings is 1. The molecule has 1 saturated heterocycles. The highest BCUT2D eigenvalue weighted by molar-refractivity contribution is 6.42. The van der Waals surface area contributed by atoms with Crippen molar-refractivity contribution in [3.05, 3.63) is 40.1 Å². The zero-order valence-electron chi connectivity index (χ0n) is 8.11. The molecular formula is C11H7Cl2NO2. The summed E-state index contributed by atoms with van der Waals surface area (Å²) in [5.41, 5.74) is 1.62. The molecule has 16 heavy (non-hydrogen) atoms. The van der Waals surface area contributed by atoms with Gasteiger partial charge in [0.05, 0.1) is 16.7 Å². The Bertz CT molecular complexity index is 535. The summed E-state index contributed by atoms with van der Waals surface area (Å²) < 4.78 is 10.3. The highest BCUT2D eigenvalue weighted by Crippen LogP contribution is 2.33. The molecule has 2 heterocycles. The second-order valence-corrected chi connectivity index (χ2v) is 4.38. The van der Waals surface area contributed by atoms with Gasteiger partial charge >= 0.3 is 0 Å². The third-order valence-corrected chi connectivity index (χ3v) is 3.13. The van der Waals surface area contributed by atoms with E-state index in [0.717, 1.165) is 17.0 Å². The van der Waals surface area contributed by atoms with Crippen molar-refractivity contribution in [2.75, 3.05) is 6.61 Å². The van der Waals surface area contributed by atoms with Crippen molar-refractivity contribution in [1.29, 1.82) is 0 Å². The molecule has 2 aromatic rings. The maximum atomic E-state index is 5.93. The van der Waals surface area contributed by atoms with Gasteiger partial charge in [0.15, 0.2) is 5.76 Å². The molecule has 0 spiro atoms. The van der Waals surface area contributed by atoms with Crippen molar-refractivity contribution in [3.8, 4) is 11.3 Å². The van der Waals surface area contributed by atoms with Gasteiger partial charge in [-0.2, -0.15) is 0 Å². The predicted molar refractivity (Wildman–Crippen MR) is 60.7 cm³/mol. The fourth-order valence-electron chi connectivity index (χ4n) is 1.44. The predicted octanol–water partition coefficient (Wildman–Crippen LogP) is 3.72. The summed E-state index contributed by atoms with van der Waals surface area (Å²) in [7, 11) is 0. The van der Waals surface area contributed by atoms with Gasteiger partial charge in [-0.25, -0.2) is 0 Å². The Kier molecular flexibility index (Phi) is 2.39. The molecule has 1 aliphatic rings. The Morgan fingerprint density at radius 3 is 2.69 bits per heavy atom. The summed E-state index contributed by atoms with van der Waals surface area (Å²) in [6.45, 7) is 0.704. The molecule has 1 fully saturated rings. The fraction of sp³-hybridized carbons (Fsp3) is 0.182. The Hall–Kier alpha value is -1.03. The van der Waals surface area contributed by atoms with Crippen LogP contribution in [-0.2, 0) is 4.74 Å². The molecule has 0 saturated carbocycles. The number of hydrogen-bond acceptors (Lipinski definition) is 3. The Morgan fingerprint density at radius 1 is 1.19 bits per heavy atom. The first-order valence-corrected chi connectivity index (χ1v) is 5.53. The second-order valence-electron chi connectivity index (χ2n) is 3.57. The third-order valence-electron chi connectivity index (χ3n) is 2.39. The van der Waals surface area contributed by atoms with Crippen molar-refractivity contribution >= 4 is 23.2 Å². The van der Waals surface area contributed by atoms with Gasteiger partial charge < -0.3 is 9.26 Å². The first-order chi connectivity index (χ1) is 7.74. The smallest absolute Gasteiger partial charge is 0.168 e. The number of epoxide rings is 1. The lowest BCUT2D eigenvalue weighted by atomic mass is 10.1. The van der Waals surface area contributed by atoms with E-state index in [0.29, 0.717) is 16.7 Å². The molecule has 5 heteroatoms. The standard InChI is InChI=1S/C11H7Cl2NO2/c12-7-2-1-6(3-8(7)13)9-4-10(16-14-9)11-5-15-11/h1-4,11H,5H2/t11-/m0/s1. The number of aromatic nitrogens is 1. The molecule has 1 aromatic carbocycles. The molecule has 3 nitrogen and oxygen atoms in total. The molecule has 0 radical (unpaired) electrons. The van der Waals surface area contributed by atoms with Gasteiger partial charge in [-0.1, -0.05) is 34.4 Å². The number of halogens is 2. The zero-order chi connectivity index (χ0) is 11.1. The minimum atomic E-state index is 0.0732. The largest absolute Gasteiger partial charge is 0.365 e. The summed E-state index contributed by atoms with van der Waals surface area (Å²) in [4.78, 5) is 0. The zero-order valence-corrected chi connectivity index (χ0v) is 9.63. The van der Waals surface area contributed by atoms with Crippen LogP contribution in [0.4, 0.5) is 0 Å². The van der Waals surface area contributed by atoms with Crippen LogP contribution in [0.3, 0.4) is 0 Å². The van der Waals surface area contributed by atoms with Gasteiger partial charge in [0.25, 0.3) is 0 Å². The van der Waals surface area contributed by atoms with Crippen LogP contribution in [-0.4, -0.2) is 11.8 Å². The van der Waals surface area contributed by atoms with Gasteiger partial charge in [-0.3, -0.25) is 0 Å². The van der Waals surface area contributed by atoms with E-state index in [1.54, 1.807) is 12.1 Å². The normalized spacial score (nSPS) is 18.8. The van der Waals surface area contributed by atoms with Crippen molar-refractivity contribution in [2.24, 2.45) is 0 Å². The van der Waals surface area contributed by atoms with Gasteiger partial charge in [0, 0.05) is 11.6 Å². The summed E-state index contributed by atoms with van der Waals surface area (Å²) in [6, 6.07) is 7.21. The van der Waals surface area contributed by atoms with Gasteiger partial charge in [-0.15, -0.1) is 0 Å². The molecule has 82 valence electrons. The fourth-order valence-corrected chi connectivity index (χ4v) is 1.74. The lowest BCUT2D eigenvalue weighted by molar-refractivity contribution is 0.326. The van der Waals surface area contributed by atoms with Crippen molar-refractivity contribution < 1.29 is 9.26 Å². The van der Waals surface area contributed by atoms with Gasteiger partial charge in [0.2, 0.25) is 0 Å². The van der Waals surface area contributed by atoms with E-state index in [4.69, 9.17) is 32.5 Å². The Balaban J connectivity index is 1.97. The molecule has 0 aliphatic carbocycles. The molecule has 1 aliphatic heterocycles. The summed E-state index contributed by atoms with van der Waals surface area (Å²) in [5.74, 6) is 0.751. The second kappa shape index (κ2) is 3.77. The summed E-state index contributed by atoms with van der Waals surface area (Å²) in [6.07, 6.45) is 0.0732. The van der Waals surface area contributed by atoms with Crippen LogP contribution in [0.25, 0.3) is 11.3 Å². The number of ether oxygens (including phenoxy) is 1. The Labute approximate surface area is 102 Å². The number of nitrogens with zero attached hydrogens (tertiary/aromatic N) is 1. The molecule has 0 N–H and O–H groups in total. The lowest BCUT2D eigenvalue weighted by Gasteiger charge is -1.98. The van der Waals surface area contributed by atoms with Crippen molar-refractivity contribution in [2.45, 2.75) is 6.10 Å². The van der Waals surface area contributed by atoms with Crippen LogP contribution in [0.15, 0.2) is 28.8 Å². The topological polar surface area (TPSA) is 38.6 Å². The maximum Gasteiger partial charge on any atom is 0.168 e. The van der Waals surface area contributed by atoms with Crippen LogP contribution in [0, 0.1) is 0 Å². The monoisotopic (exact) mass is 255 g/mol. The van der Waals surface area contributed by atoms with E-state index in [1.807, 2.05) is 12.1 Å². The first-order valence-electron chi connectivity index (χ1n) is 4.77. The molecule has 1 atom stereocenters. The van der Waals surface area contributed by atoms with Gasteiger partial charge in [-0.05, 0) is 12.1 Å². The van der Waals surface area contributed by atoms with Crippen LogP contribution in [0.1, 0.15) is 11.9 Å². The quantitative estimate of drug-likeness (QED) is 0.768. The summed E-state index contributed by atoms with van der Waals surface area (Å²) in [5, 5.41) is 5.00. The highest BCUT2D eigenvalue weighted by Gasteiger charge is 2.29. The molecule has 0 bridgehead atoms. The minimum absolute atomic E-state index is 0.0732. The molecule has 0 amide bonds.